The number of halogens is 3. The largest absolute Gasteiger partial charge is 0.490 e. The molecule has 2 aromatic rings. The minimum Gasteiger partial charge on any atom is -0.477 e. The van der Waals surface area contributed by atoms with Gasteiger partial charge in [-0.2, -0.15) is 13.2 Å². The maximum absolute atomic E-state index is 12.4. The molecule has 0 aliphatic carbocycles. The van der Waals surface area contributed by atoms with E-state index in [0.29, 0.717) is 25.1 Å². The first-order valence-electron chi connectivity index (χ1n) is 9.06. The summed E-state index contributed by atoms with van der Waals surface area (Å²) in [6.07, 6.45) is -1.15. The Bertz CT molecular complexity index is 1000. The van der Waals surface area contributed by atoms with Crippen LogP contribution in [0.15, 0.2) is 23.1 Å². The smallest absolute Gasteiger partial charge is 0.477 e. The Morgan fingerprint density at radius 1 is 1.20 bits per heavy atom. The second-order valence-corrected chi connectivity index (χ2v) is 6.58. The SMILES string of the molecule is NCCOCCCc1cc2c3c(c1)c(=O)c(C(=O)O)cn3CC2.O=C(O)C(F)(F)F. The Labute approximate surface area is 168 Å². The van der Waals surface area contributed by atoms with Crippen LogP contribution in [0.3, 0.4) is 0 Å². The molecule has 0 atom stereocenters. The van der Waals surface area contributed by atoms with Gasteiger partial charge in [0.2, 0.25) is 5.43 Å². The van der Waals surface area contributed by atoms with Crippen molar-refractivity contribution in [1.82, 2.24) is 4.57 Å². The second-order valence-electron chi connectivity index (χ2n) is 6.58. The van der Waals surface area contributed by atoms with Gasteiger partial charge in [-0.25, -0.2) is 9.59 Å². The van der Waals surface area contributed by atoms with Crippen LogP contribution in [-0.2, 0) is 28.9 Å². The van der Waals surface area contributed by atoms with E-state index in [2.05, 4.69) is 6.07 Å². The van der Waals surface area contributed by atoms with Gasteiger partial charge in [0, 0.05) is 31.3 Å². The van der Waals surface area contributed by atoms with Gasteiger partial charge in [-0.1, -0.05) is 6.07 Å². The van der Waals surface area contributed by atoms with Gasteiger partial charge in [-0.3, -0.25) is 4.79 Å². The Hall–Kier alpha value is -2.92. The number of hydrogen-bond donors (Lipinski definition) is 3. The van der Waals surface area contributed by atoms with E-state index in [4.69, 9.17) is 20.4 Å². The molecule has 0 amide bonds. The lowest BCUT2D eigenvalue weighted by Gasteiger charge is -2.09. The molecule has 1 aliphatic heterocycles. The normalized spacial score (nSPS) is 12.5. The van der Waals surface area contributed by atoms with E-state index in [-0.39, 0.29) is 5.56 Å². The number of aromatic nitrogens is 1. The van der Waals surface area contributed by atoms with Crippen LogP contribution in [0.4, 0.5) is 13.2 Å². The fraction of sp³-hybridized carbons (Fsp3) is 0.421. The minimum atomic E-state index is -5.08. The fourth-order valence-corrected chi connectivity index (χ4v) is 3.17. The molecular formula is C19H21F3N2O6. The predicted molar refractivity (Wildman–Crippen MR) is 101 cm³/mol. The number of pyridine rings is 1. The van der Waals surface area contributed by atoms with Crippen molar-refractivity contribution in [2.75, 3.05) is 19.8 Å². The summed E-state index contributed by atoms with van der Waals surface area (Å²) >= 11 is 0. The van der Waals surface area contributed by atoms with Gasteiger partial charge in [0.15, 0.2) is 0 Å². The van der Waals surface area contributed by atoms with Crippen molar-refractivity contribution >= 4 is 22.8 Å². The average molecular weight is 430 g/mol. The molecule has 0 spiro atoms. The molecule has 0 saturated carbocycles. The van der Waals surface area contributed by atoms with Gasteiger partial charge in [0.25, 0.3) is 0 Å². The highest BCUT2D eigenvalue weighted by molar-refractivity contribution is 5.94. The number of alkyl halides is 3. The van der Waals surface area contributed by atoms with Crippen LogP contribution < -0.4 is 11.2 Å². The van der Waals surface area contributed by atoms with E-state index in [1.807, 2.05) is 10.6 Å². The molecule has 1 aliphatic rings. The molecule has 1 aromatic heterocycles. The lowest BCUT2D eigenvalue weighted by Crippen LogP contribution is -2.21. The molecule has 164 valence electrons. The molecule has 0 saturated heterocycles. The number of aryl methyl sites for hydroxylation is 3. The molecule has 3 rings (SSSR count). The number of aliphatic carboxylic acids is 1. The van der Waals surface area contributed by atoms with Gasteiger partial charge < -0.3 is 25.3 Å². The van der Waals surface area contributed by atoms with Crippen molar-refractivity contribution < 1.29 is 37.7 Å². The van der Waals surface area contributed by atoms with Crippen LogP contribution >= 0.6 is 0 Å². The molecule has 2 heterocycles. The number of carboxylic acid groups (broad SMARTS) is 2. The number of aromatic carboxylic acids is 1. The topological polar surface area (TPSA) is 132 Å². The van der Waals surface area contributed by atoms with Crippen LogP contribution in [0.1, 0.15) is 27.9 Å². The summed E-state index contributed by atoms with van der Waals surface area (Å²) in [6.45, 7) is 2.41. The second kappa shape index (κ2) is 9.72. The summed E-state index contributed by atoms with van der Waals surface area (Å²) < 4.78 is 39.0. The highest BCUT2D eigenvalue weighted by Crippen LogP contribution is 2.26. The Morgan fingerprint density at radius 2 is 1.87 bits per heavy atom. The van der Waals surface area contributed by atoms with E-state index < -0.39 is 23.5 Å². The number of benzene rings is 1. The summed E-state index contributed by atoms with van der Waals surface area (Å²) in [4.78, 5) is 32.6. The van der Waals surface area contributed by atoms with Crippen molar-refractivity contribution in [3.8, 4) is 0 Å². The number of carbonyl (C=O) groups is 2. The quantitative estimate of drug-likeness (QED) is 0.571. The predicted octanol–water partition coefficient (Wildman–Crippen LogP) is 1.80. The summed E-state index contributed by atoms with van der Waals surface area (Å²) in [5, 5.41) is 16.9. The van der Waals surface area contributed by atoms with E-state index in [0.717, 1.165) is 42.5 Å². The van der Waals surface area contributed by atoms with Gasteiger partial charge in [0.1, 0.15) is 5.56 Å². The molecule has 30 heavy (non-hydrogen) atoms. The first-order valence-corrected chi connectivity index (χ1v) is 9.06. The highest BCUT2D eigenvalue weighted by Gasteiger charge is 2.38. The zero-order chi connectivity index (χ0) is 22.5. The number of carboxylic acids is 2. The van der Waals surface area contributed by atoms with E-state index in [1.54, 1.807) is 0 Å². The molecule has 0 unspecified atom stereocenters. The van der Waals surface area contributed by atoms with Crippen molar-refractivity contribution in [3.63, 3.8) is 0 Å². The van der Waals surface area contributed by atoms with Crippen LogP contribution in [0.25, 0.3) is 10.9 Å². The number of ether oxygens (including phenoxy) is 1. The number of nitrogens with two attached hydrogens (primary N) is 1. The highest BCUT2D eigenvalue weighted by atomic mass is 19.4. The molecular weight excluding hydrogens is 409 g/mol. The zero-order valence-corrected chi connectivity index (χ0v) is 15.9. The van der Waals surface area contributed by atoms with Crippen LogP contribution in [0.2, 0.25) is 0 Å². The monoisotopic (exact) mass is 430 g/mol. The molecule has 4 N–H and O–H groups in total. The maximum atomic E-state index is 12.4. The van der Waals surface area contributed by atoms with Gasteiger partial charge in [-0.15, -0.1) is 0 Å². The molecule has 0 bridgehead atoms. The Morgan fingerprint density at radius 3 is 2.43 bits per heavy atom. The lowest BCUT2D eigenvalue weighted by molar-refractivity contribution is -0.192. The summed E-state index contributed by atoms with van der Waals surface area (Å²) in [5.74, 6) is -3.93. The van der Waals surface area contributed by atoms with Gasteiger partial charge >= 0.3 is 18.1 Å². The summed E-state index contributed by atoms with van der Waals surface area (Å²) in [7, 11) is 0. The summed E-state index contributed by atoms with van der Waals surface area (Å²) in [5.41, 5.74) is 7.87. The third-order valence-corrected chi connectivity index (χ3v) is 4.42. The fourth-order valence-electron chi connectivity index (χ4n) is 3.17. The molecule has 0 fully saturated rings. The van der Waals surface area contributed by atoms with Crippen LogP contribution in [0, 0.1) is 0 Å². The first-order chi connectivity index (χ1) is 14.1. The van der Waals surface area contributed by atoms with E-state index in [1.165, 1.54) is 6.20 Å². The molecule has 1 aromatic carbocycles. The Balaban J connectivity index is 0.000000396. The third-order valence-electron chi connectivity index (χ3n) is 4.42. The summed E-state index contributed by atoms with van der Waals surface area (Å²) in [6, 6.07) is 3.95. The maximum Gasteiger partial charge on any atom is 0.490 e. The van der Waals surface area contributed by atoms with E-state index in [9.17, 15) is 27.9 Å². The standard InChI is InChI=1S/C17H20N2O4.C2HF3O2/c18-4-7-23-6-1-2-11-8-12-3-5-19-10-14(17(21)22)16(20)13(9-11)15(12)19;3-2(4,5)1(6)7/h8-10H,1-7,18H2,(H,21,22);(H,6,7). The zero-order valence-electron chi connectivity index (χ0n) is 15.9. The molecule has 8 nitrogen and oxygen atoms in total. The van der Waals surface area contributed by atoms with Crippen molar-refractivity contribution in [2.24, 2.45) is 5.73 Å². The number of rotatable bonds is 7. The third kappa shape index (κ3) is 5.57. The Kier molecular flexibility index (Phi) is 7.57. The molecule has 11 heteroatoms. The van der Waals surface area contributed by atoms with Crippen molar-refractivity contribution in [2.45, 2.75) is 32.0 Å². The average Bonchev–Trinajstić information content (AvgIpc) is 3.07. The minimum absolute atomic E-state index is 0.159. The van der Waals surface area contributed by atoms with Crippen molar-refractivity contribution in [1.29, 1.82) is 0 Å². The number of hydrogen-bond acceptors (Lipinski definition) is 5. The molecule has 0 radical (unpaired) electrons. The van der Waals surface area contributed by atoms with E-state index >= 15 is 0 Å². The van der Waals surface area contributed by atoms with Crippen LogP contribution in [-0.4, -0.2) is 52.7 Å². The first kappa shape index (κ1) is 23.4. The number of nitrogens with zero attached hydrogens (tertiary/aromatic N) is 1. The van der Waals surface area contributed by atoms with Crippen molar-refractivity contribution in [3.05, 3.63) is 45.2 Å². The van der Waals surface area contributed by atoms with Crippen LogP contribution in [0.5, 0.6) is 0 Å². The van der Waals surface area contributed by atoms with Gasteiger partial charge in [0.05, 0.1) is 12.1 Å². The lowest BCUT2D eigenvalue weighted by atomic mass is 10.0. The van der Waals surface area contributed by atoms with Gasteiger partial charge in [-0.05, 0) is 36.5 Å².